The van der Waals surface area contributed by atoms with Gasteiger partial charge in [0.05, 0.1) is 4.90 Å². The zero-order chi connectivity index (χ0) is 10.2. The van der Waals surface area contributed by atoms with Crippen LogP contribution in [-0.4, -0.2) is 14.7 Å². The van der Waals surface area contributed by atoms with Gasteiger partial charge in [-0.3, -0.25) is 0 Å². The van der Waals surface area contributed by atoms with E-state index in [0.29, 0.717) is 16.1 Å². The van der Waals surface area contributed by atoms with Crippen LogP contribution in [0.15, 0.2) is 17.0 Å². The molecule has 0 radical (unpaired) electrons. The summed E-state index contributed by atoms with van der Waals surface area (Å²) in [5.41, 5.74) is 7.68. The van der Waals surface area contributed by atoms with Gasteiger partial charge in [-0.05, 0) is 37.1 Å². The van der Waals surface area contributed by atoms with Crippen LogP contribution in [0.2, 0.25) is 0 Å². The molecule has 0 amide bonds. The fourth-order valence-electron chi connectivity index (χ4n) is 1.24. The molecular formula is C9H13NO2S. The third kappa shape index (κ3) is 2.01. The Hall–Kier alpha value is -1.03. The predicted octanol–water partition coefficient (Wildman–Crippen LogP) is 1.29. The Balaban J connectivity index is 3.56. The smallest absolute Gasteiger partial charge is 0.175 e. The normalized spacial score (nSPS) is 11.6. The van der Waals surface area contributed by atoms with Crippen LogP contribution in [0.3, 0.4) is 0 Å². The van der Waals surface area contributed by atoms with Gasteiger partial charge >= 0.3 is 0 Å². The number of benzene rings is 1. The standard InChI is InChI=1S/C9H13NO2S/c1-6-4-8(10)7(2)9(5-6)13(3,11)12/h4-5H,10H2,1-3H3. The lowest BCUT2D eigenvalue weighted by atomic mass is 10.1. The van der Waals surface area contributed by atoms with Crippen molar-refractivity contribution in [3.05, 3.63) is 23.3 Å². The molecule has 1 aromatic rings. The molecule has 0 bridgehead atoms. The summed E-state index contributed by atoms with van der Waals surface area (Å²) in [6, 6.07) is 3.41. The first-order valence-electron chi connectivity index (χ1n) is 3.89. The summed E-state index contributed by atoms with van der Waals surface area (Å²) in [6.07, 6.45) is 1.19. The van der Waals surface area contributed by atoms with E-state index in [-0.39, 0.29) is 0 Å². The summed E-state index contributed by atoms with van der Waals surface area (Å²) in [6.45, 7) is 3.54. The van der Waals surface area contributed by atoms with E-state index in [1.807, 2.05) is 6.92 Å². The Bertz CT molecular complexity index is 435. The van der Waals surface area contributed by atoms with Crippen molar-refractivity contribution in [2.24, 2.45) is 0 Å². The maximum Gasteiger partial charge on any atom is 0.175 e. The number of aryl methyl sites for hydroxylation is 1. The molecule has 0 atom stereocenters. The molecule has 0 fully saturated rings. The van der Waals surface area contributed by atoms with Gasteiger partial charge in [0.2, 0.25) is 0 Å². The molecule has 4 heteroatoms. The number of sulfone groups is 1. The minimum absolute atomic E-state index is 0.324. The van der Waals surface area contributed by atoms with Crippen molar-refractivity contribution < 1.29 is 8.42 Å². The van der Waals surface area contributed by atoms with E-state index in [9.17, 15) is 8.42 Å². The monoisotopic (exact) mass is 199 g/mol. The molecule has 72 valence electrons. The summed E-state index contributed by atoms with van der Waals surface area (Å²) in [4.78, 5) is 0.324. The van der Waals surface area contributed by atoms with Gasteiger partial charge in [0, 0.05) is 11.9 Å². The lowest BCUT2D eigenvalue weighted by Crippen LogP contribution is -2.03. The largest absolute Gasteiger partial charge is 0.398 e. The number of rotatable bonds is 1. The first-order chi connectivity index (χ1) is 5.82. The fourth-order valence-corrected chi connectivity index (χ4v) is 2.31. The third-order valence-electron chi connectivity index (χ3n) is 1.94. The number of nitrogens with two attached hydrogens (primary N) is 1. The maximum atomic E-state index is 11.3. The Morgan fingerprint density at radius 1 is 1.23 bits per heavy atom. The summed E-state index contributed by atoms with van der Waals surface area (Å²) < 4.78 is 22.6. The molecule has 3 nitrogen and oxygen atoms in total. The van der Waals surface area contributed by atoms with Crippen molar-refractivity contribution in [1.29, 1.82) is 0 Å². The van der Waals surface area contributed by atoms with Gasteiger partial charge in [0.1, 0.15) is 0 Å². The highest BCUT2D eigenvalue weighted by molar-refractivity contribution is 7.90. The van der Waals surface area contributed by atoms with Gasteiger partial charge in [0.15, 0.2) is 9.84 Å². The van der Waals surface area contributed by atoms with Crippen molar-refractivity contribution >= 4 is 15.5 Å². The Labute approximate surface area is 78.5 Å². The van der Waals surface area contributed by atoms with Gasteiger partial charge in [-0.25, -0.2) is 8.42 Å². The van der Waals surface area contributed by atoms with Gasteiger partial charge < -0.3 is 5.73 Å². The highest BCUT2D eigenvalue weighted by Crippen LogP contribution is 2.22. The molecule has 1 aromatic carbocycles. The van der Waals surface area contributed by atoms with E-state index >= 15 is 0 Å². The zero-order valence-electron chi connectivity index (χ0n) is 7.96. The second kappa shape index (κ2) is 3.03. The molecule has 2 N–H and O–H groups in total. The maximum absolute atomic E-state index is 11.3. The molecule has 13 heavy (non-hydrogen) atoms. The molecule has 0 saturated carbocycles. The predicted molar refractivity (Wildman–Crippen MR) is 53.4 cm³/mol. The second-order valence-corrected chi connectivity index (χ2v) is 5.23. The quantitative estimate of drug-likeness (QED) is 0.693. The average Bonchev–Trinajstić information content (AvgIpc) is 1.94. The molecule has 0 aliphatic heterocycles. The summed E-state index contributed by atoms with van der Waals surface area (Å²) >= 11 is 0. The van der Waals surface area contributed by atoms with Gasteiger partial charge in [-0.2, -0.15) is 0 Å². The average molecular weight is 199 g/mol. The summed E-state index contributed by atoms with van der Waals surface area (Å²) in [5.74, 6) is 0. The fraction of sp³-hybridized carbons (Fsp3) is 0.333. The minimum Gasteiger partial charge on any atom is -0.398 e. The van der Waals surface area contributed by atoms with Gasteiger partial charge in [0.25, 0.3) is 0 Å². The molecule has 0 aromatic heterocycles. The Morgan fingerprint density at radius 2 is 1.77 bits per heavy atom. The van der Waals surface area contributed by atoms with E-state index in [4.69, 9.17) is 5.73 Å². The van der Waals surface area contributed by atoms with Crippen LogP contribution in [0.4, 0.5) is 5.69 Å². The van der Waals surface area contributed by atoms with Crippen molar-refractivity contribution in [2.75, 3.05) is 12.0 Å². The SMILES string of the molecule is Cc1cc(N)c(C)c(S(C)(=O)=O)c1. The zero-order valence-corrected chi connectivity index (χ0v) is 8.77. The van der Waals surface area contributed by atoms with Crippen LogP contribution < -0.4 is 5.73 Å². The number of hydrogen-bond donors (Lipinski definition) is 1. The van der Waals surface area contributed by atoms with Crippen LogP contribution in [0.25, 0.3) is 0 Å². The lowest BCUT2D eigenvalue weighted by molar-refractivity contribution is 0.601. The summed E-state index contributed by atoms with van der Waals surface area (Å²) in [5, 5.41) is 0. The highest BCUT2D eigenvalue weighted by atomic mass is 32.2. The topological polar surface area (TPSA) is 60.2 Å². The Kier molecular flexibility index (Phi) is 2.34. The molecule has 0 saturated heterocycles. The molecule has 0 heterocycles. The molecular weight excluding hydrogens is 186 g/mol. The highest BCUT2D eigenvalue weighted by Gasteiger charge is 2.12. The second-order valence-electron chi connectivity index (χ2n) is 3.25. The van der Waals surface area contributed by atoms with Gasteiger partial charge in [-0.15, -0.1) is 0 Å². The molecule has 0 spiro atoms. The van der Waals surface area contributed by atoms with Crippen LogP contribution in [-0.2, 0) is 9.84 Å². The van der Waals surface area contributed by atoms with Crippen LogP contribution >= 0.6 is 0 Å². The summed E-state index contributed by atoms with van der Waals surface area (Å²) in [7, 11) is -3.16. The number of anilines is 1. The van der Waals surface area contributed by atoms with E-state index < -0.39 is 9.84 Å². The first kappa shape index (κ1) is 10.1. The van der Waals surface area contributed by atoms with Crippen LogP contribution in [0.5, 0.6) is 0 Å². The molecule has 0 unspecified atom stereocenters. The first-order valence-corrected chi connectivity index (χ1v) is 5.78. The van der Waals surface area contributed by atoms with Gasteiger partial charge in [-0.1, -0.05) is 0 Å². The number of nitrogen functional groups attached to an aromatic ring is 1. The molecule has 0 aliphatic carbocycles. The van der Waals surface area contributed by atoms with E-state index in [0.717, 1.165) is 5.56 Å². The molecule has 0 aliphatic rings. The number of hydrogen-bond acceptors (Lipinski definition) is 3. The van der Waals surface area contributed by atoms with Crippen molar-refractivity contribution in [2.45, 2.75) is 18.7 Å². The Morgan fingerprint density at radius 3 is 2.23 bits per heavy atom. The minimum atomic E-state index is -3.16. The van der Waals surface area contributed by atoms with E-state index in [1.165, 1.54) is 6.26 Å². The van der Waals surface area contributed by atoms with Crippen molar-refractivity contribution in [3.63, 3.8) is 0 Å². The van der Waals surface area contributed by atoms with Crippen LogP contribution in [0, 0.1) is 13.8 Å². The van der Waals surface area contributed by atoms with E-state index in [2.05, 4.69) is 0 Å². The van der Waals surface area contributed by atoms with Crippen molar-refractivity contribution in [1.82, 2.24) is 0 Å². The van der Waals surface area contributed by atoms with E-state index in [1.54, 1.807) is 19.1 Å². The third-order valence-corrected chi connectivity index (χ3v) is 3.17. The molecule has 1 rings (SSSR count). The van der Waals surface area contributed by atoms with Crippen molar-refractivity contribution in [3.8, 4) is 0 Å². The van der Waals surface area contributed by atoms with Crippen LogP contribution in [0.1, 0.15) is 11.1 Å². The lowest BCUT2D eigenvalue weighted by Gasteiger charge is -2.07.